The number of Topliss-reactive ketones (excluding diaryl/α,β-unsaturated/α-hetero) is 1. The molecule has 0 atom stereocenters. The van der Waals surface area contributed by atoms with Crippen molar-refractivity contribution < 1.29 is 4.79 Å². The maximum Gasteiger partial charge on any atom is 0.131 e. The lowest BCUT2D eigenvalue weighted by atomic mass is 10.3. The van der Waals surface area contributed by atoms with E-state index in [4.69, 9.17) is 11.5 Å². The predicted octanol–water partition coefficient (Wildman–Crippen LogP) is 1.55. The Balaban J connectivity index is -0.0000000483. The SMILES string of the molecule is C.C.CC(=O)CCN.CCCN. The largest absolute Gasteiger partial charge is 0.330 e. The standard InChI is InChI=1S/C4H9NO.C3H9N.2CH4/c1-4(6)2-3-5;1-2-3-4;;/h2-3,5H2,1H3;2-4H2,1H3;2*1H4. The molecule has 0 bridgehead atoms. The third-order valence-corrected chi connectivity index (χ3v) is 0.785. The topological polar surface area (TPSA) is 69.1 Å². The summed E-state index contributed by atoms with van der Waals surface area (Å²) in [6, 6.07) is 0. The summed E-state index contributed by atoms with van der Waals surface area (Å²) in [4.78, 5) is 9.96. The molecule has 0 rings (SSSR count). The Morgan fingerprint density at radius 2 is 1.50 bits per heavy atom. The maximum absolute atomic E-state index is 9.96. The van der Waals surface area contributed by atoms with Gasteiger partial charge in [-0.3, -0.25) is 4.79 Å². The van der Waals surface area contributed by atoms with Gasteiger partial charge in [0.2, 0.25) is 0 Å². The highest BCUT2D eigenvalue weighted by atomic mass is 16.1. The molecule has 0 aromatic heterocycles. The number of hydrogen-bond acceptors (Lipinski definition) is 3. The number of carbonyl (C=O) groups excluding carboxylic acids is 1. The molecule has 3 nitrogen and oxygen atoms in total. The molecule has 0 saturated carbocycles. The Hall–Kier alpha value is -0.410. The lowest BCUT2D eigenvalue weighted by molar-refractivity contribution is -0.116. The Morgan fingerprint density at radius 3 is 1.50 bits per heavy atom. The van der Waals surface area contributed by atoms with Crippen LogP contribution < -0.4 is 11.5 Å². The van der Waals surface area contributed by atoms with Gasteiger partial charge in [-0.25, -0.2) is 0 Å². The van der Waals surface area contributed by atoms with E-state index in [9.17, 15) is 4.79 Å². The average Bonchev–Trinajstić information content (AvgIpc) is 1.89. The highest BCUT2D eigenvalue weighted by Crippen LogP contribution is 1.71. The zero-order chi connectivity index (χ0) is 8.41. The summed E-state index contributed by atoms with van der Waals surface area (Å²) in [7, 11) is 0. The monoisotopic (exact) mass is 178 g/mol. The van der Waals surface area contributed by atoms with Gasteiger partial charge in [0.15, 0.2) is 0 Å². The summed E-state index contributed by atoms with van der Waals surface area (Å²) in [5, 5.41) is 0. The fourth-order valence-corrected chi connectivity index (χ4v) is 0.203. The van der Waals surface area contributed by atoms with E-state index < -0.39 is 0 Å². The second kappa shape index (κ2) is 22.4. The van der Waals surface area contributed by atoms with Gasteiger partial charge in [0.1, 0.15) is 5.78 Å². The molecule has 4 N–H and O–H groups in total. The molecule has 0 aliphatic carbocycles. The van der Waals surface area contributed by atoms with Crippen LogP contribution in [0.3, 0.4) is 0 Å². The number of rotatable bonds is 3. The molecule has 0 unspecified atom stereocenters. The summed E-state index contributed by atoms with van der Waals surface area (Å²) in [5.74, 6) is 0.164. The zero-order valence-electron chi connectivity index (χ0n) is 6.89. The van der Waals surface area contributed by atoms with Crippen LogP contribution in [-0.4, -0.2) is 18.9 Å². The van der Waals surface area contributed by atoms with Crippen LogP contribution in [0, 0.1) is 0 Å². The molecule has 0 heterocycles. The Bertz CT molecular complexity index is 72.9. The smallest absolute Gasteiger partial charge is 0.131 e. The lowest BCUT2D eigenvalue weighted by Crippen LogP contribution is -2.03. The van der Waals surface area contributed by atoms with Crippen molar-refractivity contribution in [3.8, 4) is 0 Å². The first-order chi connectivity index (χ1) is 4.68. The van der Waals surface area contributed by atoms with E-state index in [0.29, 0.717) is 13.0 Å². The summed E-state index contributed by atoms with van der Waals surface area (Å²) < 4.78 is 0. The summed E-state index contributed by atoms with van der Waals surface area (Å²) in [5.41, 5.74) is 10.0. The number of carbonyl (C=O) groups is 1. The van der Waals surface area contributed by atoms with Crippen molar-refractivity contribution in [2.45, 2.75) is 41.5 Å². The van der Waals surface area contributed by atoms with E-state index in [1.807, 2.05) is 0 Å². The van der Waals surface area contributed by atoms with Crippen LogP contribution in [0.1, 0.15) is 41.5 Å². The Kier molecular flexibility index (Phi) is 42.2. The van der Waals surface area contributed by atoms with Crippen LogP contribution in [0.5, 0.6) is 0 Å². The molecule has 0 amide bonds. The Labute approximate surface area is 77.5 Å². The van der Waals surface area contributed by atoms with Crippen molar-refractivity contribution >= 4 is 5.78 Å². The van der Waals surface area contributed by atoms with Gasteiger partial charge >= 0.3 is 0 Å². The summed E-state index contributed by atoms with van der Waals surface area (Å²) in [6.07, 6.45) is 1.61. The van der Waals surface area contributed by atoms with Gasteiger partial charge in [0.25, 0.3) is 0 Å². The lowest BCUT2D eigenvalue weighted by Gasteiger charge is -1.81. The minimum atomic E-state index is 0. The van der Waals surface area contributed by atoms with Crippen molar-refractivity contribution in [1.29, 1.82) is 0 Å². The second-order valence-electron chi connectivity index (χ2n) is 2.03. The van der Waals surface area contributed by atoms with Crippen molar-refractivity contribution in [1.82, 2.24) is 0 Å². The maximum atomic E-state index is 9.96. The van der Waals surface area contributed by atoms with E-state index in [2.05, 4.69) is 6.92 Å². The molecular weight excluding hydrogens is 152 g/mol. The number of nitrogens with two attached hydrogens (primary N) is 2. The van der Waals surface area contributed by atoms with Crippen molar-refractivity contribution in [2.24, 2.45) is 11.5 Å². The summed E-state index contributed by atoms with van der Waals surface area (Å²) >= 11 is 0. The first-order valence-corrected chi connectivity index (χ1v) is 3.58. The van der Waals surface area contributed by atoms with Gasteiger partial charge in [0.05, 0.1) is 0 Å². The quantitative estimate of drug-likeness (QED) is 0.689. The first-order valence-electron chi connectivity index (χ1n) is 3.58. The molecule has 0 aromatic rings. The molecule has 12 heavy (non-hydrogen) atoms. The zero-order valence-corrected chi connectivity index (χ0v) is 6.89. The van der Waals surface area contributed by atoms with Crippen LogP contribution in [-0.2, 0) is 4.79 Å². The fraction of sp³-hybridized carbons (Fsp3) is 0.889. The molecule has 0 aromatic carbocycles. The van der Waals surface area contributed by atoms with Crippen LogP contribution in [0.4, 0.5) is 0 Å². The number of hydrogen-bond donors (Lipinski definition) is 2. The van der Waals surface area contributed by atoms with E-state index >= 15 is 0 Å². The van der Waals surface area contributed by atoms with E-state index in [0.717, 1.165) is 13.0 Å². The molecule has 3 heteroatoms. The van der Waals surface area contributed by atoms with Crippen LogP contribution in [0.15, 0.2) is 0 Å². The van der Waals surface area contributed by atoms with Gasteiger partial charge in [-0.15, -0.1) is 0 Å². The molecule has 0 spiro atoms. The van der Waals surface area contributed by atoms with E-state index in [-0.39, 0.29) is 20.6 Å². The third-order valence-electron chi connectivity index (χ3n) is 0.785. The van der Waals surface area contributed by atoms with Gasteiger partial charge in [0, 0.05) is 6.42 Å². The van der Waals surface area contributed by atoms with Gasteiger partial charge in [-0.1, -0.05) is 21.8 Å². The number of ketones is 1. The van der Waals surface area contributed by atoms with Crippen molar-refractivity contribution in [3.05, 3.63) is 0 Å². The van der Waals surface area contributed by atoms with Crippen LogP contribution >= 0.6 is 0 Å². The van der Waals surface area contributed by atoms with Crippen molar-refractivity contribution in [2.75, 3.05) is 13.1 Å². The molecular formula is C9H26N2O. The van der Waals surface area contributed by atoms with Crippen molar-refractivity contribution in [3.63, 3.8) is 0 Å². The van der Waals surface area contributed by atoms with Gasteiger partial charge in [-0.2, -0.15) is 0 Å². The minimum absolute atomic E-state index is 0. The Morgan fingerprint density at radius 1 is 1.17 bits per heavy atom. The van der Waals surface area contributed by atoms with Crippen LogP contribution in [0.2, 0.25) is 0 Å². The highest BCUT2D eigenvalue weighted by molar-refractivity contribution is 5.75. The average molecular weight is 178 g/mol. The molecule has 0 aliphatic heterocycles. The molecule has 78 valence electrons. The molecule has 0 fully saturated rings. The second-order valence-corrected chi connectivity index (χ2v) is 2.03. The van der Waals surface area contributed by atoms with E-state index in [1.165, 1.54) is 6.92 Å². The van der Waals surface area contributed by atoms with Gasteiger partial charge < -0.3 is 11.5 Å². The first kappa shape index (κ1) is 22.6. The minimum Gasteiger partial charge on any atom is -0.330 e. The summed E-state index contributed by atoms with van der Waals surface area (Å²) in [6.45, 7) is 4.89. The molecule has 0 saturated heterocycles. The third kappa shape index (κ3) is 54.9. The molecule has 0 radical (unpaired) electrons. The normalized spacial score (nSPS) is 6.67. The van der Waals surface area contributed by atoms with Gasteiger partial charge in [-0.05, 0) is 26.4 Å². The van der Waals surface area contributed by atoms with Crippen LogP contribution in [0.25, 0.3) is 0 Å². The molecule has 0 aliphatic rings. The highest BCUT2D eigenvalue weighted by Gasteiger charge is 1.83. The fourth-order valence-electron chi connectivity index (χ4n) is 0.203. The van der Waals surface area contributed by atoms with E-state index in [1.54, 1.807) is 0 Å². The predicted molar refractivity (Wildman–Crippen MR) is 57.2 cm³/mol.